The van der Waals surface area contributed by atoms with E-state index in [0.717, 1.165) is 32.1 Å². The lowest BCUT2D eigenvalue weighted by atomic mass is 9.81. The van der Waals surface area contributed by atoms with Gasteiger partial charge in [0, 0.05) is 0 Å². The minimum Gasteiger partial charge on any atom is -0.0619 e. The molecule has 2 aliphatic carbocycles. The summed E-state index contributed by atoms with van der Waals surface area (Å²) >= 11 is 0. The first kappa shape index (κ1) is 21.0. The second-order valence-electron chi connectivity index (χ2n) is 10.7. The molecule has 0 heterocycles. The summed E-state index contributed by atoms with van der Waals surface area (Å²) in [4.78, 5) is 0. The van der Waals surface area contributed by atoms with Crippen molar-refractivity contribution in [2.75, 3.05) is 0 Å². The van der Waals surface area contributed by atoms with Crippen LogP contribution in [0.2, 0.25) is 0 Å². The Kier molecular flexibility index (Phi) is 4.64. The van der Waals surface area contributed by atoms with Crippen molar-refractivity contribution in [3.8, 4) is 22.3 Å². The molecule has 6 aromatic rings. The molecule has 37 heavy (non-hydrogen) atoms. The first-order valence-corrected chi connectivity index (χ1v) is 13.6. The highest BCUT2D eigenvalue weighted by Crippen LogP contribution is 2.42. The standard InChI is InChI=1S/C37H28/c1-3-13-30-27(9-1)23-29-19-18-24(33-16-7-17-34(30)37(29)33)10-5-11-25-20-21-35-31-14-4-2-8-26(31)22-28-12-6-15-32(25)36(28)35/h1-4,6-9,12-21H,5,10-11,22-23H2. The van der Waals surface area contributed by atoms with Gasteiger partial charge in [0.15, 0.2) is 0 Å². The van der Waals surface area contributed by atoms with E-state index in [-0.39, 0.29) is 0 Å². The van der Waals surface area contributed by atoms with Crippen molar-refractivity contribution in [1.82, 2.24) is 0 Å². The minimum atomic E-state index is 1.04. The van der Waals surface area contributed by atoms with Crippen LogP contribution in [0.25, 0.3) is 43.8 Å². The fourth-order valence-corrected chi connectivity index (χ4v) is 7.02. The maximum Gasteiger partial charge on any atom is -0.00132 e. The maximum absolute atomic E-state index is 2.39. The Morgan fingerprint density at radius 1 is 0.378 bits per heavy atom. The van der Waals surface area contributed by atoms with E-state index in [1.165, 1.54) is 77.2 Å². The third-order valence-electron chi connectivity index (χ3n) is 8.70. The summed E-state index contributed by atoms with van der Waals surface area (Å²) in [7, 11) is 0. The van der Waals surface area contributed by atoms with E-state index in [1.54, 1.807) is 0 Å². The molecule has 0 saturated carbocycles. The summed E-state index contributed by atoms with van der Waals surface area (Å²) in [6, 6.07) is 41.2. The molecule has 0 fully saturated rings. The molecule has 0 bridgehead atoms. The predicted molar refractivity (Wildman–Crippen MR) is 156 cm³/mol. The molecule has 0 N–H and O–H groups in total. The van der Waals surface area contributed by atoms with Crippen LogP contribution in [0.3, 0.4) is 0 Å². The third-order valence-corrected chi connectivity index (χ3v) is 8.70. The molecule has 2 aliphatic rings. The minimum absolute atomic E-state index is 1.04. The molecule has 0 spiro atoms. The van der Waals surface area contributed by atoms with Crippen LogP contribution < -0.4 is 0 Å². The Morgan fingerprint density at radius 2 is 0.865 bits per heavy atom. The highest BCUT2D eigenvalue weighted by Gasteiger charge is 2.20. The highest BCUT2D eigenvalue weighted by molar-refractivity contribution is 6.04. The van der Waals surface area contributed by atoms with Gasteiger partial charge in [-0.15, -0.1) is 0 Å². The number of hydrogen-bond acceptors (Lipinski definition) is 0. The Balaban J connectivity index is 1.13. The van der Waals surface area contributed by atoms with E-state index in [0.29, 0.717) is 0 Å². The van der Waals surface area contributed by atoms with Crippen LogP contribution in [-0.2, 0) is 25.7 Å². The summed E-state index contributed by atoms with van der Waals surface area (Å²) in [5.41, 5.74) is 14.4. The molecule has 8 rings (SSSR count). The van der Waals surface area contributed by atoms with E-state index in [1.807, 2.05) is 0 Å². The Hall–Kier alpha value is -4.16. The van der Waals surface area contributed by atoms with Crippen molar-refractivity contribution in [3.63, 3.8) is 0 Å². The average Bonchev–Trinajstić information content (AvgIpc) is 2.95. The van der Waals surface area contributed by atoms with Gasteiger partial charge in [-0.05, 0) is 109 Å². The van der Waals surface area contributed by atoms with Crippen LogP contribution in [-0.4, -0.2) is 0 Å². The molecule has 0 saturated heterocycles. The monoisotopic (exact) mass is 472 g/mol. The molecule has 0 radical (unpaired) electrons. The van der Waals surface area contributed by atoms with Gasteiger partial charge in [-0.2, -0.15) is 0 Å². The van der Waals surface area contributed by atoms with Crippen LogP contribution >= 0.6 is 0 Å². The van der Waals surface area contributed by atoms with Gasteiger partial charge in [0.1, 0.15) is 0 Å². The van der Waals surface area contributed by atoms with Crippen LogP contribution in [0.15, 0.2) is 109 Å². The van der Waals surface area contributed by atoms with Gasteiger partial charge < -0.3 is 0 Å². The quantitative estimate of drug-likeness (QED) is 0.239. The van der Waals surface area contributed by atoms with Gasteiger partial charge in [-0.3, -0.25) is 0 Å². The number of hydrogen-bond donors (Lipinski definition) is 0. The molecular weight excluding hydrogens is 444 g/mol. The van der Waals surface area contributed by atoms with E-state index >= 15 is 0 Å². The smallest absolute Gasteiger partial charge is 0.00132 e. The molecular formula is C37H28. The van der Waals surface area contributed by atoms with Gasteiger partial charge in [-0.25, -0.2) is 0 Å². The zero-order valence-corrected chi connectivity index (χ0v) is 20.9. The fraction of sp³-hybridized carbons (Fsp3) is 0.135. The first-order valence-electron chi connectivity index (χ1n) is 13.6. The van der Waals surface area contributed by atoms with E-state index in [2.05, 4.69) is 109 Å². The second kappa shape index (κ2) is 8.18. The summed E-state index contributed by atoms with van der Waals surface area (Å²) in [5.74, 6) is 0. The lowest BCUT2D eigenvalue weighted by Gasteiger charge is -2.23. The third kappa shape index (κ3) is 3.22. The lowest BCUT2D eigenvalue weighted by Crippen LogP contribution is -2.03. The summed E-state index contributed by atoms with van der Waals surface area (Å²) in [6.07, 6.45) is 5.44. The van der Waals surface area contributed by atoms with Gasteiger partial charge in [0.2, 0.25) is 0 Å². The predicted octanol–water partition coefficient (Wildman–Crippen LogP) is 9.31. The molecule has 0 amide bonds. The summed E-state index contributed by atoms with van der Waals surface area (Å²) in [6.45, 7) is 0. The number of aryl methyl sites for hydroxylation is 2. The molecule has 6 aromatic carbocycles. The van der Waals surface area contributed by atoms with Gasteiger partial charge in [0.05, 0.1) is 0 Å². The van der Waals surface area contributed by atoms with E-state index < -0.39 is 0 Å². The van der Waals surface area contributed by atoms with Gasteiger partial charge >= 0.3 is 0 Å². The SMILES string of the molecule is c1ccc2c(c1)Cc1ccc(CCCc3ccc4c5c(cccc35)Cc3ccccc3-4)c3cccc-2c13. The van der Waals surface area contributed by atoms with Gasteiger partial charge in [-0.1, -0.05) is 109 Å². The van der Waals surface area contributed by atoms with Crippen LogP contribution in [0.5, 0.6) is 0 Å². The van der Waals surface area contributed by atoms with E-state index in [4.69, 9.17) is 0 Å². The van der Waals surface area contributed by atoms with Crippen molar-refractivity contribution in [3.05, 3.63) is 143 Å². The first-order chi connectivity index (χ1) is 18.3. The molecule has 0 aromatic heterocycles. The molecule has 0 aliphatic heterocycles. The zero-order valence-electron chi connectivity index (χ0n) is 20.9. The fourth-order valence-electron chi connectivity index (χ4n) is 7.02. The Labute approximate surface area is 218 Å². The van der Waals surface area contributed by atoms with Crippen molar-refractivity contribution in [1.29, 1.82) is 0 Å². The summed E-state index contributed by atoms with van der Waals surface area (Å²) in [5, 5.41) is 5.83. The van der Waals surface area contributed by atoms with Crippen molar-refractivity contribution in [2.24, 2.45) is 0 Å². The molecule has 0 atom stereocenters. The second-order valence-corrected chi connectivity index (χ2v) is 10.7. The van der Waals surface area contributed by atoms with Crippen molar-refractivity contribution in [2.45, 2.75) is 32.1 Å². The maximum atomic E-state index is 2.39. The number of rotatable bonds is 4. The molecule has 0 nitrogen and oxygen atoms in total. The average molecular weight is 473 g/mol. The van der Waals surface area contributed by atoms with E-state index in [9.17, 15) is 0 Å². The topological polar surface area (TPSA) is 0 Å². The molecule has 0 unspecified atom stereocenters. The van der Waals surface area contributed by atoms with Crippen LogP contribution in [0.4, 0.5) is 0 Å². The highest BCUT2D eigenvalue weighted by atomic mass is 14.2. The lowest BCUT2D eigenvalue weighted by molar-refractivity contribution is 0.829. The number of benzene rings is 6. The van der Waals surface area contributed by atoms with Crippen molar-refractivity contribution >= 4 is 21.5 Å². The Morgan fingerprint density at radius 3 is 1.54 bits per heavy atom. The normalized spacial score (nSPS) is 13.0. The van der Waals surface area contributed by atoms with Gasteiger partial charge in [0.25, 0.3) is 0 Å². The molecule has 0 heteroatoms. The number of fused-ring (bicyclic) bond motifs is 4. The van der Waals surface area contributed by atoms with Crippen molar-refractivity contribution < 1.29 is 0 Å². The Bertz CT molecular complexity index is 1770. The van der Waals surface area contributed by atoms with Crippen LogP contribution in [0.1, 0.15) is 39.8 Å². The van der Waals surface area contributed by atoms with Crippen LogP contribution in [0, 0.1) is 0 Å². The summed E-state index contributed by atoms with van der Waals surface area (Å²) < 4.78 is 0. The zero-order chi connectivity index (χ0) is 24.3. The molecule has 176 valence electrons. The largest absolute Gasteiger partial charge is 0.0619 e.